The van der Waals surface area contributed by atoms with Crippen LogP contribution in [0.25, 0.3) is 0 Å². The molecule has 0 N–H and O–H groups in total. The third-order valence-corrected chi connectivity index (χ3v) is 4.45. The molecule has 3 nitrogen and oxygen atoms in total. The lowest BCUT2D eigenvalue weighted by Crippen LogP contribution is -2.22. The smallest absolute Gasteiger partial charge is 0.0831 e. The van der Waals surface area contributed by atoms with Gasteiger partial charge in [0.25, 0.3) is 0 Å². The van der Waals surface area contributed by atoms with Crippen molar-refractivity contribution in [2.45, 2.75) is 41.8 Å². The third kappa shape index (κ3) is 3.84. The van der Waals surface area contributed by atoms with Crippen LogP contribution in [-0.2, 0) is 14.2 Å². The molecule has 15 heavy (non-hydrogen) atoms. The summed E-state index contributed by atoms with van der Waals surface area (Å²) in [5.41, 5.74) is 0. The first-order chi connectivity index (χ1) is 7.36. The summed E-state index contributed by atoms with van der Waals surface area (Å²) in [6.07, 6.45) is 5.66. The van der Waals surface area contributed by atoms with Crippen LogP contribution in [0.2, 0.25) is 0 Å². The SMILES string of the molecule is IC1CCCC1OCCOC1CCOC1. The highest BCUT2D eigenvalue weighted by molar-refractivity contribution is 14.1. The maximum Gasteiger partial charge on any atom is 0.0831 e. The average Bonchev–Trinajstić information content (AvgIpc) is 2.85. The van der Waals surface area contributed by atoms with E-state index in [-0.39, 0.29) is 0 Å². The molecule has 0 radical (unpaired) electrons. The summed E-state index contributed by atoms with van der Waals surface area (Å²) in [6.45, 7) is 3.07. The molecule has 88 valence electrons. The van der Waals surface area contributed by atoms with Gasteiger partial charge in [-0.05, 0) is 25.7 Å². The Morgan fingerprint density at radius 2 is 2.00 bits per heavy atom. The Balaban J connectivity index is 1.51. The van der Waals surface area contributed by atoms with Crippen LogP contribution in [0.1, 0.15) is 25.7 Å². The van der Waals surface area contributed by atoms with E-state index in [0.717, 1.165) is 26.2 Å². The van der Waals surface area contributed by atoms with E-state index in [0.29, 0.717) is 22.7 Å². The summed E-state index contributed by atoms with van der Waals surface area (Å²) < 4.78 is 17.4. The van der Waals surface area contributed by atoms with Crippen molar-refractivity contribution in [1.82, 2.24) is 0 Å². The molecule has 0 aromatic carbocycles. The minimum Gasteiger partial charge on any atom is -0.379 e. The highest BCUT2D eigenvalue weighted by Crippen LogP contribution is 2.28. The van der Waals surface area contributed by atoms with Crippen LogP contribution in [0.4, 0.5) is 0 Å². The number of halogens is 1. The van der Waals surface area contributed by atoms with Gasteiger partial charge >= 0.3 is 0 Å². The van der Waals surface area contributed by atoms with Gasteiger partial charge < -0.3 is 14.2 Å². The zero-order chi connectivity index (χ0) is 10.5. The summed E-state index contributed by atoms with van der Waals surface area (Å²) in [7, 11) is 0. The predicted molar refractivity (Wildman–Crippen MR) is 66.6 cm³/mol. The highest BCUT2D eigenvalue weighted by atomic mass is 127. The molecule has 2 rings (SSSR count). The van der Waals surface area contributed by atoms with Crippen molar-refractivity contribution < 1.29 is 14.2 Å². The molecule has 3 unspecified atom stereocenters. The highest BCUT2D eigenvalue weighted by Gasteiger charge is 2.25. The fourth-order valence-corrected chi connectivity index (χ4v) is 3.13. The third-order valence-electron chi connectivity index (χ3n) is 3.03. The van der Waals surface area contributed by atoms with Gasteiger partial charge in [-0.1, -0.05) is 22.6 Å². The van der Waals surface area contributed by atoms with E-state index in [4.69, 9.17) is 14.2 Å². The Morgan fingerprint density at radius 1 is 1.13 bits per heavy atom. The minimum absolute atomic E-state index is 0.313. The molecule has 1 saturated carbocycles. The molecule has 0 bridgehead atoms. The monoisotopic (exact) mass is 326 g/mol. The van der Waals surface area contributed by atoms with E-state index in [1.165, 1.54) is 19.3 Å². The summed E-state index contributed by atoms with van der Waals surface area (Å²) in [6, 6.07) is 0. The second-order valence-electron chi connectivity index (χ2n) is 4.21. The van der Waals surface area contributed by atoms with Gasteiger partial charge in [0.2, 0.25) is 0 Å². The first kappa shape index (κ1) is 12.1. The summed E-state index contributed by atoms with van der Waals surface area (Å²) >= 11 is 2.50. The molecule has 0 amide bonds. The number of hydrogen-bond donors (Lipinski definition) is 0. The normalized spacial score (nSPS) is 36.2. The molecule has 2 fully saturated rings. The van der Waals surface area contributed by atoms with Crippen LogP contribution in [0, 0.1) is 0 Å². The first-order valence-corrected chi connectivity index (χ1v) is 7.06. The summed E-state index contributed by atoms with van der Waals surface area (Å²) in [5, 5.41) is 0. The predicted octanol–water partition coefficient (Wildman–Crippen LogP) is 2.16. The second-order valence-corrected chi connectivity index (χ2v) is 5.81. The van der Waals surface area contributed by atoms with E-state index in [1.54, 1.807) is 0 Å². The molecule has 3 atom stereocenters. The second kappa shape index (κ2) is 6.37. The Kier molecular flexibility index (Phi) is 5.13. The largest absolute Gasteiger partial charge is 0.379 e. The Labute approximate surface area is 105 Å². The Hall–Kier alpha value is 0.610. The van der Waals surface area contributed by atoms with Crippen molar-refractivity contribution in [3.63, 3.8) is 0 Å². The summed E-state index contributed by atoms with van der Waals surface area (Å²) in [5.74, 6) is 0. The van der Waals surface area contributed by atoms with Gasteiger partial charge in [0, 0.05) is 10.5 Å². The zero-order valence-corrected chi connectivity index (χ0v) is 11.1. The molecule has 4 heteroatoms. The van der Waals surface area contributed by atoms with Crippen molar-refractivity contribution >= 4 is 22.6 Å². The molecule has 1 aliphatic carbocycles. The van der Waals surface area contributed by atoms with E-state index < -0.39 is 0 Å². The van der Waals surface area contributed by atoms with Crippen molar-refractivity contribution in [3.05, 3.63) is 0 Å². The molecular formula is C11H19IO3. The molecule has 0 aromatic rings. The number of hydrogen-bond acceptors (Lipinski definition) is 3. The summed E-state index contributed by atoms with van der Waals surface area (Å²) in [4.78, 5) is 0. The lowest BCUT2D eigenvalue weighted by Gasteiger charge is -2.16. The van der Waals surface area contributed by atoms with Crippen LogP contribution < -0.4 is 0 Å². The van der Waals surface area contributed by atoms with Gasteiger partial charge in [-0.25, -0.2) is 0 Å². The minimum atomic E-state index is 0.313. The average molecular weight is 326 g/mol. The van der Waals surface area contributed by atoms with Gasteiger partial charge in [0.15, 0.2) is 0 Å². The first-order valence-electron chi connectivity index (χ1n) is 5.81. The van der Waals surface area contributed by atoms with Crippen molar-refractivity contribution in [3.8, 4) is 0 Å². The van der Waals surface area contributed by atoms with Crippen LogP contribution in [0.3, 0.4) is 0 Å². The lowest BCUT2D eigenvalue weighted by molar-refractivity contribution is -0.0194. The van der Waals surface area contributed by atoms with Gasteiger partial charge in [-0.3, -0.25) is 0 Å². The van der Waals surface area contributed by atoms with Gasteiger partial charge in [0.05, 0.1) is 32.0 Å². The van der Waals surface area contributed by atoms with Crippen LogP contribution in [-0.4, -0.2) is 42.6 Å². The van der Waals surface area contributed by atoms with Crippen LogP contribution >= 0.6 is 22.6 Å². The van der Waals surface area contributed by atoms with E-state index in [1.807, 2.05) is 0 Å². The van der Waals surface area contributed by atoms with E-state index in [2.05, 4.69) is 22.6 Å². The van der Waals surface area contributed by atoms with Gasteiger partial charge in [0.1, 0.15) is 0 Å². The fraction of sp³-hybridized carbons (Fsp3) is 1.00. The fourth-order valence-electron chi connectivity index (χ4n) is 2.13. The number of rotatable bonds is 5. The van der Waals surface area contributed by atoms with Gasteiger partial charge in [-0.15, -0.1) is 0 Å². The Bertz CT molecular complexity index is 183. The maximum absolute atomic E-state index is 5.80. The molecule has 0 spiro atoms. The van der Waals surface area contributed by atoms with Gasteiger partial charge in [-0.2, -0.15) is 0 Å². The number of ether oxygens (including phenoxy) is 3. The lowest BCUT2D eigenvalue weighted by atomic mass is 10.3. The topological polar surface area (TPSA) is 27.7 Å². The van der Waals surface area contributed by atoms with Crippen LogP contribution in [0.5, 0.6) is 0 Å². The standard InChI is InChI=1S/C11H19IO3/c12-10-2-1-3-11(10)15-7-6-14-9-4-5-13-8-9/h9-11H,1-8H2. The van der Waals surface area contributed by atoms with Crippen LogP contribution in [0.15, 0.2) is 0 Å². The number of alkyl halides is 1. The molecule has 0 aromatic heterocycles. The maximum atomic E-state index is 5.80. The molecule has 2 aliphatic rings. The van der Waals surface area contributed by atoms with Crippen molar-refractivity contribution in [2.24, 2.45) is 0 Å². The van der Waals surface area contributed by atoms with E-state index >= 15 is 0 Å². The Morgan fingerprint density at radius 3 is 2.67 bits per heavy atom. The van der Waals surface area contributed by atoms with E-state index in [9.17, 15) is 0 Å². The molecule has 1 heterocycles. The zero-order valence-electron chi connectivity index (χ0n) is 8.99. The molecule has 1 saturated heterocycles. The van der Waals surface area contributed by atoms with Crippen molar-refractivity contribution in [1.29, 1.82) is 0 Å². The molecule has 1 aliphatic heterocycles. The molecular weight excluding hydrogens is 307 g/mol. The quantitative estimate of drug-likeness (QED) is 0.440. The van der Waals surface area contributed by atoms with Crippen molar-refractivity contribution in [2.75, 3.05) is 26.4 Å².